The molecule has 0 saturated heterocycles. The van der Waals surface area contributed by atoms with Crippen molar-refractivity contribution in [3.05, 3.63) is 51.6 Å². The Kier molecular flexibility index (Phi) is 5.03. The van der Waals surface area contributed by atoms with Crippen LogP contribution >= 0.6 is 22.7 Å². The van der Waals surface area contributed by atoms with Crippen molar-refractivity contribution in [2.45, 2.75) is 33.2 Å². The lowest BCUT2D eigenvalue weighted by molar-refractivity contribution is 0.0526. The first kappa shape index (κ1) is 19.8. The van der Waals surface area contributed by atoms with E-state index in [0.717, 1.165) is 51.2 Å². The van der Waals surface area contributed by atoms with Crippen LogP contribution in [0.3, 0.4) is 0 Å². The number of carbonyl (C=O) groups excluding carboxylic acids is 1. The number of ether oxygens (including phenoxy) is 1. The standard InChI is InChI=1S/C21H19N5O3S2/c1-3-29-20(28)12-6-8-13(9-7-12)22-21-25-24-18(31-21)16-11(2)15-17(30-16)23-14-5-4-10-26(14)19(15)27/h6-9H,3-5,10H2,1-2H3,(H,22,25). The molecule has 0 saturated carbocycles. The van der Waals surface area contributed by atoms with Crippen LogP contribution in [0.1, 0.15) is 35.1 Å². The van der Waals surface area contributed by atoms with Crippen molar-refractivity contribution in [2.24, 2.45) is 0 Å². The monoisotopic (exact) mass is 453 g/mol. The van der Waals surface area contributed by atoms with Crippen LogP contribution in [0.15, 0.2) is 29.1 Å². The van der Waals surface area contributed by atoms with E-state index in [1.807, 2.05) is 6.92 Å². The molecule has 1 aliphatic rings. The van der Waals surface area contributed by atoms with E-state index >= 15 is 0 Å². The molecular formula is C21H19N5O3S2. The molecule has 0 atom stereocenters. The first-order valence-electron chi connectivity index (χ1n) is 9.96. The summed E-state index contributed by atoms with van der Waals surface area (Å²) in [5, 5.41) is 13.8. The van der Waals surface area contributed by atoms with Gasteiger partial charge in [-0.3, -0.25) is 9.36 Å². The Labute approximate surface area is 185 Å². The number of hydrogen-bond acceptors (Lipinski definition) is 9. The molecular weight excluding hydrogens is 434 g/mol. The zero-order valence-electron chi connectivity index (χ0n) is 17.0. The molecule has 0 radical (unpaired) electrons. The van der Waals surface area contributed by atoms with Gasteiger partial charge in [0.25, 0.3) is 5.56 Å². The molecule has 31 heavy (non-hydrogen) atoms. The molecule has 1 aliphatic heterocycles. The zero-order valence-corrected chi connectivity index (χ0v) is 18.6. The molecule has 3 aromatic heterocycles. The molecule has 0 amide bonds. The van der Waals surface area contributed by atoms with E-state index in [2.05, 4.69) is 15.5 Å². The lowest BCUT2D eigenvalue weighted by Gasteiger charge is -2.04. The van der Waals surface area contributed by atoms with Gasteiger partial charge in [0.15, 0.2) is 5.01 Å². The number of carbonyl (C=O) groups is 1. The Morgan fingerprint density at radius 2 is 2.03 bits per heavy atom. The van der Waals surface area contributed by atoms with Gasteiger partial charge < -0.3 is 10.1 Å². The van der Waals surface area contributed by atoms with Crippen LogP contribution in [-0.2, 0) is 17.7 Å². The third-order valence-electron chi connectivity index (χ3n) is 5.18. The summed E-state index contributed by atoms with van der Waals surface area (Å²) in [5.74, 6) is 0.527. The summed E-state index contributed by atoms with van der Waals surface area (Å²) in [6.07, 6.45) is 1.82. The first-order chi connectivity index (χ1) is 15.0. The highest BCUT2D eigenvalue weighted by molar-refractivity contribution is 7.26. The highest BCUT2D eigenvalue weighted by atomic mass is 32.1. The van der Waals surface area contributed by atoms with Gasteiger partial charge in [0.1, 0.15) is 10.7 Å². The fourth-order valence-corrected chi connectivity index (χ4v) is 5.75. The summed E-state index contributed by atoms with van der Waals surface area (Å²) in [7, 11) is 0. The number of benzene rings is 1. The molecule has 1 aromatic carbocycles. The molecule has 4 aromatic rings. The van der Waals surface area contributed by atoms with Crippen LogP contribution in [0.2, 0.25) is 0 Å². The minimum atomic E-state index is -0.344. The zero-order chi connectivity index (χ0) is 21.5. The van der Waals surface area contributed by atoms with Crippen LogP contribution in [0.5, 0.6) is 0 Å². The van der Waals surface area contributed by atoms with E-state index in [9.17, 15) is 9.59 Å². The Morgan fingerprint density at radius 1 is 1.23 bits per heavy atom. The van der Waals surface area contributed by atoms with E-state index < -0.39 is 0 Å². The van der Waals surface area contributed by atoms with Gasteiger partial charge in [-0.2, -0.15) is 0 Å². The first-order valence-corrected chi connectivity index (χ1v) is 11.6. The van der Waals surface area contributed by atoms with E-state index in [1.165, 1.54) is 22.7 Å². The largest absolute Gasteiger partial charge is 0.462 e. The van der Waals surface area contributed by atoms with E-state index in [1.54, 1.807) is 35.8 Å². The number of aromatic nitrogens is 4. The van der Waals surface area contributed by atoms with Crippen LogP contribution in [0.25, 0.3) is 20.1 Å². The van der Waals surface area contributed by atoms with Gasteiger partial charge >= 0.3 is 5.97 Å². The maximum absolute atomic E-state index is 12.9. The van der Waals surface area contributed by atoms with Crippen LogP contribution in [0, 0.1) is 6.92 Å². The van der Waals surface area contributed by atoms with E-state index in [4.69, 9.17) is 9.72 Å². The van der Waals surface area contributed by atoms with Gasteiger partial charge in [-0.1, -0.05) is 11.3 Å². The number of nitrogens with one attached hydrogen (secondary N) is 1. The summed E-state index contributed by atoms with van der Waals surface area (Å²) in [6, 6.07) is 7.00. The lowest BCUT2D eigenvalue weighted by Crippen LogP contribution is -2.20. The van der Waals surface area contributed by atoms with Crippen molar-refractivity contribution in [2.75, 3.05) is 11.9 Å². The van der Waals surface area contributed by atoms with Crippen LogP contribution in [-0.4, -0.2) is 32.3 Å². The maximum atomic E-state index is 12.9. The number of thiophene rings is 1. The smallest absolute Gasteiger partial charge is 0.338 e. The topological polar surface area (TPSA) is 99.0 Å². The van der Waals surface area contributed by atoms with Crippen molar-refractivity contribution in [3.8, 4) is 9.88 Å². The Morgan fingerprint density at radius 3 is 2.81 bits per heavy atom. The summed E-state index contributed by atoms with van der Waals surface area (Å²) in [6.45, 7) is 4.80. The number of esters is 1. The van der Waals surface area contributed by atoms with Crippen molar-refractivity contribution < 1.29 is 9.53 Å². The van der Waals surface area contributed by atoms with Crippen LogP contribution < -0.4 is 10.9 Å². The van der Waals surface area contributed by atoms with E-state index in [-0.39, 0.29) is 11.5 Å². The summed E-state index contributed by atoms with van der Waals surface area (Å²) >= 11 is 2.90. The SMILES string of the molecule is CCOC(=O)c1ccc(Nc2nnc(-c3sc4nc5n(c(=O)c4c3C)CCC5)s2)cc1. The predicted octanol–water partition coefficient (Wildman–Crippen LogP) is 4.15. The average Bonchev–Trinajstić information content (AvgIpc) is 3.48. The molecule has 0 fully saturated rings. The molecule has 8 nitrogen and oxygen atoms in total. The summed E-state index contributed by atoms with van der Waals surface area (Å²) in [5.41, 5.74) is 2.24. The molecule has 10 heteroatoms. The third-order valence-corrected chi connectivity index (χ3v) is 7.36. The maximum Gasteiger partial charge on any atom is 0.338 e. The second-order valence-electron chi connectivity index (χ2n) is 7.16. The van der Waals surface area contributed by atoms with Crippen molar-refractivity contribution >= 4 is 49.7 Å². The number of anilines is 2. The van der Waals surface area contributed by atoms with Gasteiger partial charge in [-0.15, -0.1) is 21.5 Å². The molecule has 1 N–H and O–H groups in total. The van der Waals surface area contributed by atoms with Crippen LogP contribution in [0.4, 0.5) is 10.8 Å². The minimum absolute atomic E-state index is 0.0436. The number of nitrogens with zero attached hydrogens (tertiary/aromatic N) is 4. The van der Waals surface area contributed by atoms with Gasteiger partial charge in [0, 0.05) is 18.7 Å². The van der Waals surface area contributed by atoms with Gasteiger partial charge in [0.05, 0.1) is 22.4 Å². The quantitative estimate of drug-likeness (QED) is 0.453. The minimum Gasteiger partial charge on any atom is -0.462 e. The predicted molar refractivity (Wildman–Crippen MR) is 122 cm³/mol. The molecule has 0 aliphatic carbocycles. The highest BCUT2D eigenvalue weighted by Gasteiger charge is 2.22. The third kappa shape index (κ3) is 3.51. The highest BCUT2D eigenvalue weighted by Crippen LogP contribution is 2.39. The number of rotatable bonds is 5. The van der Waals surface area contributed by atoms with Crippen molar-refractivity contribution in [1.29, 1.82) is 0 Å². The normalized spacial score (nSPS) is 12.8. The molecule has 0 spiro atoms. The second-order valence-corrected chi connectivity index (χ2v) is 9.14. The van der Waals surface area contributed by atoms with Gasteiger partial charge in [-0.05, 0) is 50.1 Å². The fraction of sp³-hybridized carbons (Fsp3) is 0.286. The van der Waals surface area contributed by atoms with Crippen molar-refractivity contribution in [3.63, 3.8) is 0 Å². The Balaban J connectivity index is 1.41. The fourth-order valence-electron chi connectivity index (χ4n) is 3.67. The lowest BCUT2D eigenvalue weighted by atomic mass is 10.2. The summed E-state index contributed by atoms with van der Waals surface area (Å²) in [4.78, 5) is 31.1. The Bertz CT molecular complexity index is 1350. The molecule has 5 rings (SSSR count). The van der Waals surface area contributed by atoms with Gasteiger partial charge in [-0.25, -0.2) is 9.78 Å². The Hall–Kier alpha value is -3.11. The second kappa shape index (κ2) is 7.86. The number of aryl methyl sites for hydroxylation is 2. The number of fused-ring (bicyclic) bond motifs is 2. The van der Waals surface area contributed by atoms with Crippen molar-refractivity contribution in [1.82, 2.24) is 19.7 Å². The number of hydrogen-bond donors (Lipinski definition) is 1. The van der Waals surface area contributed by atoms with Gasteiger partial charge in [0.2, 0.25) is 5.13 Å². The average molecular weight is 454 g/mol. The molecule has 0 unspecified atom stereocenters. The van der Waals surface area contributed by atoms with E-state index in [0.29, 0.717) is 22.7 Å². The summed E-state index contributed by atoms with van der Waals surface area (Å²) < 4.78 is 6.79. The molecule has 158 valence electrons. The molecule has 4 heterocycles. The molecule has 0 bridgehead atoms.